The maximum atomic E-state index is 11.9. The molecular weight excluding hydrogens is 276 g/mol. The van der Waals surface area contributed by atoms with E-state index in [-0.39, 0.29) is 23.0 Å². The highest BCUT2D eigenvalue weighted by Crippen LogP contribution is 2.35. The summed E-state index contributed by atoms with van der Waals surface area (Å²) in [6.07, 6.45) is 0.186. The summed E-state index contributed by atoms with van der Waals surface area (Å²) in [4.78, 5) is 23.3. The van der Waals surface area contributed by atoms with Crippen molar-refractivity contribution in [3.63, 3.8) is 0 Å². The van der Waals surface area contributed by atoms with Crippen molar-refractivity contribution in [2.45, 2.75) is 72.1 Å². The van der Waals surface area contributed by atoms with E-state index in [1.807, 2.05) is 12.1 Å². The van der Waals surface area contributed by atoms with Crippen molar-refractivity contribution in [3.8, 4) is 5.75 Å². The molecule has 0 heterocycles. The number of ketones is 1. The van der Waals surface area contributed by atoms with Crippen LogP contribution in [-0.4, -0.2) is 11.8 Å². The summed E-state index contributed by atoms with van der Waals surface area (Å²) in [7, 11) is 0. The molecule has 0 fully saturated rings. The molecule has 0 radical (unpaired) electrons. The number of Topliss-reactive ketones (excluding diaryl/α,β-unsaturated/α-hetero) is 1. The fraction of sp³-hybridized carbons (Fsp3) is 0.579. The standard InChI is InChI=1S/C19H28O3/c1-8-14(20)12-17(21)22-16-10-9-13(18(2,3)4)11-15(16)19(5,6)7/h9-11H,8,12H2,1-7H3. The second kappa shape index (κ2) is 6.64. The minimum Gasteiger partial charge on any atom is -0.426 e. The van der Waals surface area contributed by atoms with Crippen molar-refractivity contribution >= 4 is 11.8 Å². The van der Waals surface area contributed by atoms with Crippen molar-refractivity contribution in [2.24, 2.45) is 0 Å². The van der Waals surface area contributed by atoms with Crippen molar-refractivity contribution in [2.75, 3.05) is 0 Å². The Morgan fingerprint density at radius 1 is 1.00 bits per heavy atom. The first-order valence-corrected chi connectivity index (χ1v) is 7.82. The molecule has 0 saturated heterocycles. The average molecular weight is 304 g/mol. The topological polar surface area (TPSA) is 43.4 Å². The van der Waals surface area contributed by atoms with Gasteiger partial charge < -0.3 is 4.74 Å². The van der Waals surface area contributed by atoms with Gasteiger partial charge in [0.15, 0.2) is 0 Å². The minimum atomic E-state index is -0.485. The number of hydrogen-bond donors (Lipinski definition) is 0. The predicted octanol–water partition coefficient (Wildman–Crippen LogP) is 4.56. The zero-order chi connectivity index (χ0) is 17.1. The monoisotopic (exact) mass is 304 g/mol. The van der Waals surface area contributed by atoms with Crippen LogP contribution < -0.4 is 4.74 Å². The summed E-state index contributed by atoms with van der Waals surface area (Å²) in [6, 6.07) is 5.93. The van der Waals surface area contributed by atoms with Crippen LogP contribution in [0.4, 0.5) is 0 Å². The molecule has 0 amide bonds. The van der Waals surface area contributed by atoms with Gasteiger partial charge in [-0.1, -0.05) is 60.6 Å². The Morgan fingerprint density at radius 3 is 2.05 bits per heavy atom. The number of carbonyl (C=O) groups is 2. The Kier molecular flexibility index (Phi) is 5.55. The molecule has 3 heteroatoms. The molecule has 0 spiro atoms. The molecule has 3 nitrogen and oxygen atoms in total. The number of ether oxygens (including phenoxy) is 1. The highest BCUT2D eigenvalue weighted by molar-refractivity contribution is 5.96. The van der Waals surface area contributed by atoms with E-state index in [0.29, 0.717) is 12.2 Å². The number of benzene rings is 1. The van der Waals surface area contributed by atoms with Crippen molar-refractivity contribution in [3.05, 3.63) is 29.3 Å². The van der Waals surface area contributed by atoms with Gasteiger partial charge in [0, 0.05) is 12.0 Å². The number of hydrogen-bond acceptors (Lipinski definition) is 3. The van der Waals surface area contributed by atoms with Crippen LogP contribution >= 0.6 is 0 Å². The van der Waals surface area contributed by atoms with Crippen LogP contribution in [0.15, 0.2) is 18.2 Å². The summed E-state index contributed by atoms with van der Waals surface area (Å²) >= 11 is 0. The molecule has 1 aromatic rings. The Morgan fingerprint density at radius 2 is 1.59 bits per heavy atom. The highest BCUT2D eigenvalue weighted by Gasteiger charge is 2.24. The van der Waals surface area contributed by atoms with E-state index in [1.54, 1.807) is 6.92 Å². The molecule has 0 aromatic heterocycles. The van der Waals surface area contributed by atoms with E-state index < -0.39 is 5.97 Å². The fourth-order valence-electron chi connectivity index (χ4n) is 2.12. The first kappa shape index (κ1) is 18.4. The van der Waals surface area contributed by atoms with Gasteiger partial charge in [0.1, 0.15) is 18.0 Å². The van der Waals surface area contributed by atoms with Gasteiger partial charge in [-0.05, 0) is 22.5 Å². The van der Waals surface area contributed by atoms with E-state index in [4.69, 9.17) is 4.74 Å². The molecule has 0 aliphatic rings. The first-order chi connectivity index (χ1) is 9.95. The molecule has 0 aliphatic carbocycles. The summed E-state index contributed by atoms with van der Waals surface area (Å²) < 4.78 is 5.45. The van der Waals surface area contributed by atoms with Gasteiger partial charge in [0.25, 0.3) is 0 Å². The summed E-state index contributed by atoms with van der Waals surface area (Å²) in [6.45, 7) is 14.5. The van der Waals surface area contributed by atoms with E-state index in [0.717, 1.165) is 5.56 Å². The first-order valence-electron chi connectivity index (χ1n) is 7.82. The number of rotatable bonds is 4. The molecule has 0 aliphatic heterocycles. The third-order valence-corrected chi connectivity index (χ3v) is 3.61. The normalized spacial score (nSPS) is 12.1. The minimum absolute atomic E-state index is 0.0285. The van der Waals surface area contributed by atoms with E-state index in [9.17, 15) is 9.59 Å². The molecule has 0 atom stereocenters. The summed E-state index contributed by atoms with van der Waals surface area (Å²) in [5.41, 5.74) is 2.06. The lowest BCUT2D eigenvalue weighted by atomic mass is 9.80. The average Bonchev–Trinajstić information content (AvgIpc) is 2.36. The molecule has 0 saturated carbocycles. The molecule has 122 valence electrons. The van der Waals surface area contributed by atoms with Crippen LogP contribution in [0.1, 0.15) is 72.4 Å². The van der Waals surface area contributed by atoms with Crippen LogP contribution in [0.3, 0.4) is 0 Å². The predicted molar refractivity (Wildman–Crippen MR) is 89.4 cm³/mol. The fourth-order valence-corrected chi connectivity index (χ4v) is 2.12. The molecule has 1 rings (SSSR count). The second-order valence-corrected chi connectivity index (χ2v) is 7.75. The maximum absolute atomic E-state index is 11.9. The largest absolute Gasteiger partial charge is 0.426 e. The van der Waals surface area contributed by atoms with Crippen molar-refractivity contribution in [1.29, 1.82) is 0 Å². The maximum Gasteiger partial charge on any atom is 0.318 e. The van der Waals surface area contributed by atoms with Gasteiger partial charge in [-0.2, -0.15) is 0 Å². The van der Waals surface area contributed by atoms with Crippen LogP contribution in [0.25, 0.3) is 0 Å². The van der Waals surface area contributed by atoms with Crippen LogP contribution in [0.2, 0.25) is 0 Å². The lowest BCUT2D eigenvalue weighted by Crippen LogP contribution is -2.20. The zero-order valence-corrected chi connectivity index (χ0v) is 14.9. The summed E-state index contributed by atoms with van der Waals surface area (Å²) in [5.74, 6) is -0.0381. The van der Waals surface area contributed by atoms with Gasteiger partial charge in [-0.3, -0.25) is 9.59 Å². The van der Waals surface area contributed by atoms with E-state index in [1.165, 1.54) is 5.56 Å². The second-order valence-electron chi connectivity index (χ2n) is 7.75. The molecule has 0 bridgehead atoms. The van der Waals surface area contributed by atoms with Gasteiger partial charge in [-0.15, -0.1) is 0 Å². The Bertz CT molecular complexity index is 557. The number of esters is 1. The Labute approximate surface area is 134 Å². The van der Waals surface area contributed by atoms with Crippen LogP contribution in [-0.2, 0) is 20.4 Å². The number of carbonyl (C=O) groups excluding carboxylic acids is 2. The summed E-state index contributed by atoms with van der Waals surface area (Å²) in [5, 5.41) is 0. The lowest BCUT2D eigenvalue weighted by Gasteiger charge is -2.26. The van der Waals surface area contributed by atoms with Crippen molar-refractivity contribution in [1.82, 2.24) is 0 Å². The molecular formula is C19H28O3. The van der Waals surface area contributed by atoms with Gasteiger partial charge in [0.05, 0.1) is 0 Å². The van der Waals surface area contributed by atoms with Gasteiger partial charge in [-0.25, -0.2) is 0 Å². The van der Waals surface area contributed by atoms with Crippen molar-refractivity contribution < 1.29 is 14.3 Å². The Hall–Kier alpha value is -1.64. The molecule has 0 unspecified atom stereocenters. The smallest absolute Gasteiger partial charge is 0.318 e. The molecule has 0 N–H and O–H groups in total. The van der Waals surface area contributed by atoms with Gasteiger partial charge in [0.2, 0.25) is 0 Å². The third-order valence-electron chi connectivity index (χ3n) is 3.61. The molecule has 22 heavy (non-hydrogen) atoms. The zero-order valence-electron chi connectivity index (χ0n) is 14.9. The van der Waals surface area contributed by atoms with E-state index >= 15 is 0 Å². The lowest BCUT2D eigenvalue weighted by molar-refractivity contribution is -0.138. The van der Waals surface area contributed by atoms with E-state index in [2.05, 4.69) is 47.6 Å². The quantitative estimate of drug-likeness (QED) is 0.465. The Balaban J connectivity index is 3.14. The van der Waals surface area contributed by atoms with Crippen LogP contribution in [0, 0.1) is 0 Å². The molecule has 1 aromatic carbocycles. The SMILES string of the molecule is CCC(=O)CC(=O)Oc1ccc(C(C)(C)C)cc1C(C)(C)C. The highest BCUT2D eigenvalue weighted by atomic mass is 16.5. The third kappa shape index (κ3) is 4.97. The van der Waals surface area contributed by atoms with Gasteiger partial charge >= 0.3 is 5.97 Å². The van der Waals surface area contributed by atoms with Crippen LogP contribution in [0.5, 0.6) is 5.75 Å².